The molecule has 0 aliphatic carbocycles. The average Bonchev–Trinajstić information content (AvgIpc) is 2.13. The van der Waals surface area contributed by atoms with Crippen LogP contribution in [0.2, 0.25) is 0 Å². The van der Waals surface area contributed by atoms with Crippen LogP contribution in [0.25, 0.3) is 0 Å². The molecular weight excluding hydrogens is 266 g/mol. The Morgan fingerprint density at radius 2 is 1.44 bits per heavy atom. The van der Waals surface area contributed by atoms with Gasteiger partial charge in [-0.3, -0.25) is 0 Å². The molecule has 0 spiro atoms. The van der Waals surface area contributed by atoms with Crippen molar-refractivity contribution in [1.29, 1.82) is 0 Å². The first kappa shape index (κ1) is 14.3. The summed E-state index contributed by atoms with van der Waals surface area (Å²) in [4.78, 5) is 10.6. The summed E-state index contributed by atoms with van der Waals surface area (Å²) in [6.07, 6.45) is -9.93. The molecule has 0 atom stereocenters. The van der Waals surface area contributed by atoms with Crippen molar-refractivity contribution >= 4 is 5.97 Å². The van der Waals surface area contributed by atoms with Gasteiger partial charge in [0.25, 0.3) is 0 Å². The van der Waals surface area contributed by atoms with Gasteiger partial charge in [0.2, 0.25) is 0 Å². The van der Waals surface area contributed by atoms with E-state index in [1.165, 1.54) is 0 Å². The molecular formula is C10H6F6O2. The number of hydrogen-bond acceptors (Lipinski definition) is 1. The zero-order valence-corrected chi connectivity index (χ0v) is 8.78. The van der Waals surface area contributed by atoms with Crippen molar-refractivity contribution in [2.75, 3.05) is 0 Å². The molecule has 8 heteroatoms. The van der Waals surface area contributed by atoms with Crippen molar-refractivity contribution in [3.63, 3.8) is 0 Å². The van der Waals surface area contributed by atoms with Crippen LogP contribution in [0.4, 0.5) is 26.3 Å². The minimum atomic E-state index is -5.03. The van der Waals surface area contributed by atoms with E-state index in [2.05, 4.69) is 0 Å². The van der Waals surface area contributed by atoms with E-state index in [1.54, 1.807) is 0 Å². The van der Waals surface area contributed by atoms with E-state index >= 15 is 0 Å². The maximum absolute atomic E-state index is 12.5. The molecule has 2 nitrogen and oxygen atoms in total. The van der Waals surface area contributed by atoms with Gasteiger partial charge in [-0.1, -0.05) is 0 Å². The Hall–Kier alpha value is -1.73. The van der Waals surface area contributed by atoms with Crippen LogP contribution in [0.3, 0.4) is 0 Å². The van der Waals surface area contributed by atoms with Crippen LogP contribution in [-0.4, -0.2) is 11.1 Å². The summed E-state index contributed by atoms with van der Waals surface area (Å²) in [5, 5.41) is 8.54. The molecule has 0 saturated carbocycles. The van der Waals surface area contributed by atoms with Crippen LogP contribution in [0, 0.1) is 6.92 Å². The smallest absolute Gasteiger partial charge is 0.417 e. The maximum atomic E-state index is 12.5. The number of alkyl halides is 6. The molecule has 1 aromatic rings. The molecule has 0 saturated heterocycles. The normalized spacial score (nSPS) is 12.6. The van der Waals surface area contributed by atoms with Gasteiger partial charge in [-0.2, -0.15) is 26.3 Å². The van der Waals surface area contributed by atoms with Crippen LogP contribution in [0.1, 0.15) is 27.0 Å². The number of aryl methyl sites for hydroxylation is 1. The number of carboxylic acids is 1. The van der Waals surface area contributed by atoms with Crippen molar-refractivity contribution in [3.8, 4) is 0 Å². The Balaban J connectivity index is 3.60. The summed E-state index contributed by atoms with van der Waals surface area (Å²) in [7, 11) is 0. The van der Waals surface area contributed by atoms with E-state index in [4.69, 9.17) is 5.11 Å². The van der Waals surface area contributed by atoms with Crippen LogP contribution >= 0.6 is 0 Å². The zero-order chi connectivity index (χ0) is 14.3. The standard InChI is InChI=1S/C10H6F6O2/c1-4-2-7(10(14,15)16)5(8(17)18)3-6(4)9(11,12)13/h2-3H,1H3,(H,17,18). The largest absolute Gasteiger partial charge is 0.478 e. The third-order valence-corrected chi connectivity index (χ3v) is 2.21. The van der Waals surface area contributed by atoms with Crippen molar-refractivity contribution in [2.45, 2.75) is 19.3 Å². The van der Waals surface area contributed by atoms with E-state index < -0.39 is 40.6 Å². The molecule has 0 fully saturated rings. The van der Waals surface area contributed by atoms with Gasteiger partial charge in [0.15, 0.2) is 0 Å². The summed E-state index contributed by atoms with van der Waals surface area (Å²) < 4.78 is 74.8. The molecule has 1 rings (SSSR count). The van der Waals surface area contributed by atoms with Gasteiger partial charge in [-0.15, -0.1) is 0 Å². The molecule has 0 radical (unpaired) electrons. The topological polar surface area (TPSA) is 37.3 Å². The van der Waals surface area contributed by atoms with E-state index in [0.29, 0.717) is 0 Å². The lowest BCUT2D eigenvalue weighted by atomic mass is 9.98. The SMILES string of the molecule is Cc1cc(C(F)(F)F)c(C(=O)O)cc1C(F)(F)F. The third-order valence-electron chi connectivity index (χ3n) is 2.21. The molecule has 0 aliphatic rings. The predicted molar refractivity (Wildman–Crippen MR) is 48.1 cm³/mol. The van der Waals surface area contributed by atoms with E-state index in [1.807, 2.05) is 0 Å². The first-order valence-corrected chi connectivity index (χ1v) is 4.47. The fourth-order valence-electron chi connectivity index (χ4n) is 1.42. The highest BCUT2D eigenvalue weighted by Gasteiger charge is 2.40. The lowest BCUT2D eigenvalue weighted by molar-refractivity contribution is -0.142. The molecule has 100 valence electrons. The Bertz CT molecular complexity index is 486. The van der Waals surface area contributed by atoms with Crippen LogP contribution in [-0.2, 0) is 12.4 Å². The zero-order valence-electron chi connectivity index (χ0n) is 8.78. The van der Waals surface area contributed by atoms with Gasteiger partial charge in [0.05, 0.1) is 16.7 Å². The minimum Gasteiger partial charge on any atom is -0.478 e. The highest BCUT2D eigenvalue weighted by molar-refractivity contribution is 5.90. The van der Waals surface area contributed by atoms with Gasteiger partial charge in [-0.05, 0) is 24.6 Å². The first-order valence-electron chi connectivity index (χ1n) is 4.47. The summed E-state index contributed by atoms with van der Waals surface area (Å²) in [6, 6.07) is 0.187. The first-order chi connectivity index (χ1) is 7.94. The molecule has 0 unspecified atom stereocenters. The lowest BCUT2D eigenvalue weighted by Gasteiger charge is -2.16. The number of rotatable bonds is 1. The Morgan fingerprint density at radius 1 is 1.00 bits per heavy atom. The Morgan fingerprint density at radius 3 is 1.78 bits per heavy atom. The Kier molecular flexibility index (Phi) is 3.33. The monoisotopic (exact) mass is 272 g/mol. The molecule has 0 amide bonds. The molecule has 1 N–H and O–H groups in total. The fraction of sp³-hybridized carbons (Fsp3) is 0.300. The van der Waals surface area contributed by atoms with Crippen molar-refractivity contribution in [1.82, 2.24) is 0 Å². The number of carbonyl (C=O) groups is 1. The molecule has 0 bridgehead atoms. The third kappa shape index (κ3) is 2.74. The van der Waals surface area contributed by atoms with Gasteiger partial charge in [0.1, 0.15) is 0 Å². The molecule has 1 aromatic carbocycles. The number of halogens is 6. The van der Waals surface area contributed by atoms with Gasteiger partial charge >= 0.3 is 18.3 Å². The van der Waals surface area contributed by atoms with Crippen LogP contribution < -0.4 is 0 Å². The second-order valence-corrected chi connectivity index (χ2v) is 3.51. The summed E-state index contributed by atoms with van der Waals surface area (Å²) in [5.41, 5.74) is -5.09. The van der Waals surface area contributed by atoms with E-state index in [-0.39, 0.29) is 12.1 Å². The number of carboxylic acid groups (broad SMARTS) is 1. The van der Waals surface area contributed by atoms with Gasteiger partial charge in [-0.25, -0.2) is 4.79 Å². The fourth-order valence-corrected chi connectivity index (χ4v) is 1.42. The van der Waals surface area contributed by atoms with Crippen molar-refractivity contribution in [3.05, 3.63) is 34.4 Å². The Labute approximate surface area is 96.8 Å². The minimum absolute atomic E-state index is 0.000486. The number of aromatic carboxylic acids is 1. The van der Waals surface area contributed by atoms with E-state index in [0.717, 1.165) is 6.92 Å². The van der Waals surface area contributed by atoms with Crippen molar-refractivity contribution in [2.24, 2.45) is 0 Å². The van der Waals surface area contributed by atoms with Crippen LogP contribution in [0.5, 0.6) is 0 Å². The van der Waals surface area contributed by atoms with Gasteiger partial charge < -0.3 is 5.11 Å². The molecule has 0 aliphatic heterocycles. The van der Waals surface area contributed by atoms with Crippen LogP contribution in [0.15, 0.2) is 12.1 Å². The predicted octanol–water partition coefficient (Wildman–Crippen LogP) is 3.73. The van der Waals surface area contributed by atoms with Gasteiger partial charge in [0, 0.05) is 0 Å². The van der Waals surface area contributed by atoms with E-state index in [9.17, 15) is 31.1 Å². The lowest BCUT2D eigenvalue weighted by Crippen LogP contribution is -2.17. The second-order valence-electron chi connectivity index (χ2n) is 3.51. The molecule has 0 heterocycles. The summed E-state index contributed by atoms with van der Waals surface area (Å²) in [6.45, 7) is 0.837. The number of benzene rings is 1. The summed E-state index contributed by atoms with van der Waals surface area (Å²) in [5.74, 6) is -2.06. The molecule has 18 heavy (non-hydrogen) atoms. The highest BCUT2D eigenvalue weighted by atomic mass is 19.4. The number of hydrogen-bond donors (Lipinski definition) is 1. The second kappa shape index (κ2) is 4.18. The highest BCUT2D eigenvalue weighted by Crippen LogP contribution is 2.38. The maximum Gasteiger partial charge on any atom is 0.417 e. The quantitative estimate of drug-likeness (QED) is 0.791. The summed E-state index contributed by atoms with van der Waals surface area (Å²) >= 11 is 0. The molecule has 0 aromatic heterocycles. The average molecular weight is 272 g/mol. The van der Waals surface area contributed by atoms with Crippen molar-refractivity contribution < 1.29 is 36.2 Å².